The molecule has 4 bridgehead atoms. The van der Waals surface area contributed by atoms with Crippen molar-refractivity contribution in [3.05, 3.63) is 94.3 Å². The van der Waals surface area contributed by atoms with E-state index in [1.54, 1.807) is 57.2 Å². The lowest BCUT2D eigenvalue weighted by atomic mass is 9.86. The molecule has 71 heavy (non-hydrogen) atoms. The molecule has 0 radical (unpaired) electrons. The lowest BCUT2D eigenvalue weighted by Gasteiger charge is -2.32. The molecule has 0 fully saturated rings. The normalized spacial score (nSPS) is 16.9. The second kappa shape index (κ2) is 24.8. The van der Waals surface area contributed by atoms with Gasteiger partial charge >= 0.3 is 0 Å². The Morgan fingerprint density at radius 3 is 2.07 bits per heavy atom. The quantitative estimate of drug-likeness (QED) is 0.0813. The van der Waals surface area contributed by atoms with Crippen LogP contribution in [0.2, 0.25) is 0 Å². The summed E-state index contributed by atoms with van der Waals surface area (Å²) in [5.41, 5.74) is 22.8. The van der Waals surface area contributed by atoms with Crippen molar-refractivity contribution in [3.8, 4) is 40.1 Å². The van der Waals surface area contributed by atoms with E-state index in [1.165, 1.54) is 18.9 Å². The number of carbonyl (C=O) groups is 6. The SMILES string of the molecule is Cc1nc(-c2ccc(C(C)(C)C)cc2)nc(C)c1C(=O)N[C@@H](C)C(=O)C[C@@H](CCN)C(=O)N(C)[C@@H]1C(=O)C[C@@H](C)C(=O)N[C@H](C(=O)CCC#N)Cc2ccc(OCCN)c(c2)-c2cc1ccc2OCCN. The van der Waals surface area contributed by atoms with Crippen LogP contribution in [-0.4, -0.2) is 102 Å². The second-order valence-corrected chi connectivity index (χ2v) is 19.2. The number of ether oxygens (including phenoxy) is 2. The number of hydrogen-bond donors (Lipinski definition) is 5. The Balaban J connectivity index is 1.48. The highest BCUT2D eigenvalue weighted by Gasteiger charge is 2.37. The Morgan fingerprint density at radius 2 is 1.49 bits per heavy atom. The van der Waals surface area contributed by atoms with Gasteiger partial charge in [-0.2, -0.15) is 5.26 Å². The van der Waals surface area contributed by atoms with Crippen LogP contribution in [0.5, 0.6) is 11.5 Å². The standard InChI is InChI=1S/C54H69N9O8/c1-31-26-45(66)49(37-14-18-47(71-25-23-58)41(29-37)40-27-35(11-17-46(40)70-24-22-57)28-42(62-51(31)67)43(64)10-9-20-55)63(8)53(69)38(19-21-56)30-44(65)32(2)61-52(68)48-33(3)59-50(60-34(48)4)36-12-15-39(16-13-36)54(5,6)7/h11-18,27,29,31-32,38,42,49H,9-10,19,21-26,28,30,56-58H2,1-8H3,(H,61,68)(H,62,67)/t31-,32+,38-,42+,49+/m1/s1. The maximum atomic E-state index is 14.8. The van der Waals surface area contributed by atoms with Crippen LogP contribution in [0, 0.1) is 37.0 Å². The second-order valence-electron chi connectivity index (χ2n) is 19.2. The molecule has 3 aromatic carbocycles. The van der Waals surface area contributed by atoms with Gasteiger partial charge in [0.15, 0.2) is 23.2 Å². The number of rotatable bonds is 19. The fraction of sp³-hybridized carbons (Fsp3) is 0.463. The van der Waals surface area contributed by atoms with Gasteiger partial charge in [-0.25, -0.2) is 9.97 Å². The number of likely N-dealkylation sites (N-methyl/N-ethyl adjacent to an activating group) is 1. The molecule has 0 unspecified atom stereocenters. The Labute approximate surface area is 416 Å². The third kappa shape index (κ3) is 13.9. The Bertz CT molecular complexity index is 2620. The number of fused-ring (bicyclic) bond motifs is 5. The van der Waals surface area contributed by atoms with E-state index in [2.05, 4.69) is 41.4 Å². The summed E-state index contributed by atoms with van der Waals surface area (Å²) < 4.78 is 12.2. The minimum atomic E-state index is -1.29. The molecule has 17 heteroatoms. The highest BCUT2D eigenvalue weighted by molar-refractivity contribution is 6.01. The molecular formula is C54H69N9O8. The van der Waals surface area contributed by atoms with E-state index in [-0.39, 0.29) is 88.1 Å². The summed E-state index contributed by atoms with van der Waals surface area (Å²) in [6.45, 7) is 13.6. The van der Waals surface area contributed by atoms with Gasteiger partial charge in [-0.3, -0.25) is 28.8 Å². The maximum absolute atomic E-state index is 14.8. The number of benzene rings is 3. The average Bonchev–Trinajstić information content (AvgIpc) is 3.33. The van der Waals surface area contributed by atoms with Crippen LogP contribution in [0.25, 0.3) is 22.5 Å². The molecule has 5 rings (SSSR count). The minimum Gasteiger partial charge on any atom is -0.492 e. The van der Waals surface area contributed by atoms with E-state index in [4.69, 9.17) is 26.7 Å². The Hall–Kier alpha value is -6.87. The number of nitriles is 1. The zero-order chi connectivity index (χ0) is 52.2. The molecule has 2 heterocycles. The van der Waals surface area contributed by atoms with Crippen molar-refractivity contribution in [1.82, 2.24) is 25.5 Å². The summed E-state index contributed by atoms with van der Waals surface area (Å²) >= 11 is 0. The summed E-state index contributed by atoms with van der Waals surface area (Å²) in [5.74, 6) is -3.65. The third-order valence-corrected chi connectivity index (χ3v) is 12.7. The topological polar surface area (TPSA) is 276 Å². The van der Waals surface area contributed by atoms with Gasteiger partial charge in [-0.05, 0) is 86.5 Å². The largest absolute Gasteiger partial charge is 0.492 e. The third-order valence-electron chi connectivity index (χ3n) is 12.7. The zero-order valence-electron chi connectivity index (χ0n) is 42.2. The predicted molar refractivity (Wildman–Crippen MR) is 270 cm³/mol. The van der Waals surface area contributed by atoms with Crippen molar-refractivity contribution in [2.24, 2.45) is 29.0 Å². The highest BCUT2D eigenvalue weighted by atomic mass is 16.5. The molecule has 0 saturated carbocycles. The fourth-order valence-electron chi connectivity index (χ4n) is 8.70. The molecule has 0 aliphatic carbocycles. The van der Waals surface area contributed by atoms with Crippen LogP contribution in [-0.2, 0) is 35.8 Å². The van der Waals surface area contributed by atoms with Crippen molar-refractivity contribution >= 4 is 35.1 Å². The number of Topliss-reactive ketones (excluding diaryl/α,β-unsaturated/α-hetero) is 3. The van der Waals surface area contributed by atoms with Crippen molar-refractivity contribution in [1.29, 1.82) is 5.26 Å². The molecule has 0 saturated heterocycles. The Morgan fingerprint density at radius 1 is 0.887 bits per heavy atom. The number of ketones is 3. The first kappa shape index (κ1) is 55.1. The number of nitrogens with one attached hydrogen (secondary N) is 2. The predicted octanol–water partition coefficient (Wildman–Crippen LogP) is 5.15. The van der Waals surface area contributed by atoms with Gasteiger partial charge in [0, 0.05) is 74.3 Å². The molecule has 0 spiro atoms. The fourth-order valence-corrected chi connectivity index (χ4v) is 8.70. The highest BCUT2D eigenvalue weighted by Crippen LogP contribution is 2.41. The molecule has 1 aliphatic rings. The molecule has 4 aromatic rings. The number of nitrogens with two attached hydrogens (primary N) is 3. The molecule has 5 atom stereocenters. The molecule has 8 N–H and O–H groups in total. The molecule has 1 aliphatic heterocycles. The number of aryl methyl sites for hydroxylation is 2. The first-order chi connectivity index (χ1) is 33.7. The lowest BCUT2D eigenvalue weighted by molar-refractivity contribution is -0.144. The molecule has 378 valence electrons. The van der Waals surface area contributed by atoms with Gasteiger partial charge in [0.2, 0.25) is 11.8 Å². The van der Waals surface area contributed by atoms with Crippen LogP contribution in [0.3, 0.4) is 0 Å². The summed E-state index contributed by atoms with van der Waals surface area (Å²) in [7, 11) is 1.46. The summed E-state index contributed by atoms with van der Waals surface area (Å²) in [5, 5.41) is 14.9. The minimum absolute atomic E-state index is 0.0303. The van der Waals surface area contributed by atoms with Gasteiger partial charge in [0.05, 0.1) is 35.1 Å². The van der Waals surface area contributed by atoms with E-state index in [0.29, 0.717) is 51.0 Å². The van der Waals surface area contributed by atoms with Gasteiger partial charge in [-0.15, -0.1) is 0 Å². The first-order valence-electron chi connectivity index (χ1n) is 24.1. The number of nitrogens with zero attached hydrogens (tertiary/aromatic N) is 4. The van der Waals surface area contributed by atoms with Gasteiger partial charge in [-0.1, -0.05) is 64.1 Å². The van der Waals surface area contributed by atoms with Crippen LogP contribution in [0.1, 0.15) is 111 Å². The van der Waals surface area contributed by atoms with E-state index in [9.17, 15) is 34.0 Å². The van der Waals surface area contributed by atoms with Gasteiger partial charge < -0.3 is 42.2 Å². The molecular weight excluding hydrogens is 903 g/mol. The van der Waals surface area contributed by atoms with Crippen molar-refractivity contribution in [2.75, 3.05) is 39.9 Å². The van der Waals surface area contributed by atoms with E-state index in [1.807, 2.05) is 30.3 Å². The average molecular weight is 972 g/mol. The monoisotopic (exact) mass is 972 g/mol. The number of amides is 3. The van der Waals surface area contributed by atoms with E-state index >= 15 is 0 Å². The molecule has 1 aromatic heterocycles. The first-order valence-corrected chi connectivity index (χ1v) is 24.1. The van der Waals surface area contributed by atoms with E-state index in [0.717, 1.165) is 11.1 Å². The van der Waals surface area contributed by atoms with Gasteiger partial charge in [0.25, 0.3) is 5.91 Å². The smallest absolute Gasteiger partial charge is 0.255 e. The summed E-state index contributed by atoms with van der Waals surface area (Å²) in [6, 6.07) is 17.0. The summed E-state index contributed by atoms with van der Waals surface area (Å²) in [6.07, 6.45) is -0.632. The van der Waals surface area contributed by atoms with Crippen LogP contribution >= 0.6 is 0 Å². The molecule has 17 nitrogen and oxygen atoms in total. The lowest BCUT2D eigenvalue weighted by Crippen LogP contribution is -2.46. The maximum Gasteiger partial charge on any atom is 0.255 e. The van der Waals surface area contributed by atoms with Gasteiger partial charge in [0.1, 0.15) is 30.8 Å². The van der Waals surface area contributed by atoms with Crippen LogP contribution < -0.4 is 37.3 Å². The summed E-state index contributed by atoms with van der Waals surface area (Å²) in [4.78, 5) is 95.2. The number of hydrogen-bond acceptors (Lipinski definition) is 14. The molecule has 3 amide bonds. The number of carbonyl (C=O) groups excluding carboxylic acids is 6. The Kier molecular flexibility index (Phi) is 19.2. The zero-order valence-corrected chi connectivity index (χ0v) is 42.2. The van der Waals surface area contributed by atoms with Crippen molar-refractivity contribution in [3.63, 3.8) is 0 Å². The number of aromatic nitrogens is 2. The van der Waals surface area contributed by atoms with Crippen molar-refractivity contribution < 1.29 is 38.2 Å². The van der Waals surface area contributed by atoms with Crippen LogP contribution in [0.4, 0.5) is 0 Å². The van der Waals surface area contributed by atoms with E-state index < -0.39 is 59.2 Å². The van der Waals surface area contributed by atoms with Crippen LogP contribution in [0.15, 0.2) is 60.7 Å². The van der Waals surface area contributed by atoms with Crippen molar-refractivity contribution in [2.45, 2.75) is 111 Å².